The van der Waals surface area contributed by atoms with Gasteiger partial charge in [-0.25, -0.2) is 0 Å². The fourth-order valence-electron chi connectivity index (χ4n) is 16.6. The number of hydrogen-bond donors (Lipinski definition) is 12. The standard InChI is InChI=1S/C23H46N2O4.C21H42N2O4.C18H38N2O4/c1-18-15-20(3-5-22(18)24(7-11-26)8-12-27)17-21-4-6-23(19(2)16-21)25(9-13-28)10-14-29;24-13-9-22(10-14-25)20-5-1-18(2-6-20)17-19-3-7-21(8-4-19)23(11-15-26)12-16-27;1-17(2)12-16(20(6-10-23)7-11-24)13-18(3,14-17)15-19(4-8-21)5-9-22/h18-23,26-29H,3-17H2,1-2H3;18-21,24-27H,1-17H2;16,21-24H,4-15H2,1-3H3. The van der Waals surface area contributed by atoms with Gasteiger partial charge in [-0.2, -0.15) is 0 Å². The van der Waals surface area contributed by atoms with Crippen LogP contribution in [0.1, 0.15) is 157 Å². The predicted octanol–water partition coefficient (Wildman–Crippen LogP) is 2.77. The first kappa shape index (κ1) is 73.5. The highest BCUT2D eigenvalue weighted by Crippen LogP contribution is 2.48. The van der Waals surface area contributed by atoms with E-state index in [9.17, 15) is 61.3 Å². The smallest absolute Gasteiger partial charge is 0.0558 e. The fraction of sp³-hybridized carbons (Fsp3) is 1.00. The molecule has 0 aromatic carbocycles. The summed E-state index contributed by atoms with van der Waals surface area (Å²) >= 11 is 0. The zero-order chi connectivity index (χ0) is 58.9. The van der Waals surface area contributed by atoms with Crippen LogP contribution in [-0.2, 0) is 0 Å². The molecule has 0 radical (unpaired) electrons. The lowest BCUT2D eigenvalue weighted by Gasteiger charge is -2.51. The van der Waals surface area contributed by atoms with E-state index in [1.807, 2.05) is 0 Å². The van der Waals surface area contributed by atoms with Gasteiger partial charge in [-0.05, 0) is 168 Å². The van der Waals surface area contributed by atoms with Gasteiger partial charge in [0.15, 0.2) is 0 Å². The van der Waals surface area contributed by atoms with E-state index in [0.29, 0.717) is 121 Å². The molecule has 0 aromatic rings. The first-order valence-corrected chi connectivity index (χ1v) is 32.3. The van der Waals surface area contributed by atoms with Crippen LogP contribution in [0.5, 0.6) is 0 Å². The largest absolute Gasteiger partial charge is 0.395 e. The molecule has 8 atom stereocenters. The highest BCUT2D eigenvalue weighted by atomic mass is 16.3. The normalized spacial score (nSPS) is 30.3. The van der Waals surface area contributed by atoms with Gasteiger partial charge in [-0.1, -0.05) is 34.6 Å². The lowest BCUT2D eigenvalue weighted by Crippen LogP contribution is -2.52. The van der Waals surface area contributed by atoms with E-state index in [4.69, 9.17) is 0 Å². The second-order valence-electron chi connectivity index (χ2n) is 26.6. The van der Waals surface area contributed by atoms with E-state index >= 15 is 0 Å². The highest BCUT2D eigenvalue weighted by molar-refractivity contribution is 4.97. The number of aliphatic hydroxyl groups excluding tert-OH is 12. The second kappa shape index (κ2) is 41.4. The molecule has 476 valence electrons. The molecule has 5 fully saturated rings. The summed E-state index contributed by atoms with van der Waals surface area (Å²) < 4.78 is 0. The van der Waals surface area contributed by atoms with Crippen LogP contribution >= 0.6 is 0 Å². The van der Waals surface area contributed by atoms with Crippen molar-refractivity contribution in [2.45, 2.75) is 187 Å². The number of nitrogens with zero attached hydrogens (tertiary/aromatic N) is 6. The van der Waals surface area contributed by atoms with Gasteiger partial charge in [0.05, 0.1) is 79.3 Å². The molecule has 0 aromatic heterocycles. The molecule has 18 heteroatoms. The minimum Gasteiger partial charge on any atom is -0.395 e. The summed E-state index contributed by atoms with van der Waals surface area (Å²) in [4.78, 5) is 13.4. The Balaban J connectivity index is 0.000000317. The molecule has 80 heavy (non-hydrogen) atoms. The molecule has 0 bridgehead atoms. The molecule has 5 rings (SSSR count). The van der Waals surface area contributed by atoms with Crippen LogP contribution < -0.4 is 0 Å². The Bertz CT molecular complexity index is 1390. The van der Waals surface area contributed by atoms with Crippen LogP contribution in [0.25, 0.3) is 0 Å². The number of aliphatic hydroxyl groups is 12. The van der Waals surface area contributed by atoms with E-state index in [1.165, 1.54) is 103 Å². The highest BCUT2D eigenvalue weighted by Gasteiger charge is 2.44. The third kappa shape index (κ3) is 26.5. The van der Waals surface area contributed by atoms with Gasteiger partial charge in [-0.3, -0.25) is 29.4 Å². The molecular formula is C62H126N6O12. The van der Waals surface area contributed by atoms with E-state index in [0.717, 1.165) is 49.5 Å². The van der Waals surface area contributed by atoms with Crippen LogP contribution in [0.15, 0.2) is 0 Å². The quantitative estimate of drug-likeness (QED) is 0.0436. The van der Waals surface area contributed by atoms with Crippen molar-refractivity contribution >= 4 is 0 Å². The van der Waals surface area contributed by atoms with Gasteiger partial charge in [-0.15, -0.1) is 0 Å². The lowest BCUT2D eigenvalue weighted by molar-refractivity contribution is -0.0165. The maximum absolute atomic E-state index is 9.35. The van der Waals surface area contributed by atoms with Gasteiger partial charge in [0.1, 0.15) is 0 Å². The van der Waals surface area contributed by atoms with E-state index in [-0.39, 0.29) is 90.1 Å². The first-order valence-electron chi connectivity index (χ1n) is 32.3. The van der Waals surface area contributed by atoms with Crippen molar-refractivity contribution in [2.24, 2.45) is 46.3 Å². The maximum atomic E-state index is 9.35. The summed E-state index contributed by atoms with van der Waals surface area (Å²) in [5, 5.41) is 112. The molecule has 5 aliphatic rings. The Morgan fingerprint density at radius 3 is 0.925 bits per heavy atom. The van der Waals surface area contributed by atoms with Crippen LogP contribution in [0.3, 0.4) is 0 Å². The third-order valence-electron chi connectivity index (χ3n) is 19.7. The molecule has 0 amide bonds. The summed E-state index contributed by atoms with van der Waals surface area (Å²) in [5.41, 5.74) is 0.269. The lowest BCUT2D eigenvalue weighted by atomic mass is 9.62. The number of hydrogen-bond acceptors (Lipinski definition) is 18. The molecule has 5 saturated carbocycles. The van der Waals surface area contributed by atoms with Crippen LogP contribution in [0.2, 0.25) is 0 Å². The minimum atomic E-state index is 0.0833. The Kier molecular flexibility index (Phi) is 38.0. The Morgan fingerprint density at radius 1 is 0.325 bits per heavy atom. The Labute approximate surface area is 486 Å². The summed E-state index contributed by atoms with van der Waals surface area (Å²) in [6, 6.07) is 2.38. The first-order chi connectivity index (χ1) is 38.5. The monoisotopic (exact) mass is 1150 g/mol. The molecule has 0 saturated heterocycles. The maximum Gasteiger partial charge on any atom is 0.0558 e. The molecular weight excluding hydrogens is 1020 g/mol. The summed E-state index contributed by atoms with van der Waals surface area (Å²) in [6.07, 6.45) is 23.1. The van der Waals surface area contributed by atoms with Crippen molar-refractivity contribution in [1.29, 1.82) is 0 Å². The van der Waals surface area contributed by atoms with Crippen LogP contribution in [-0.4, -0.2) is 285 Å². The van der Waals surface area contributed by atoms with Gasteiger partial charge in [0.25, 0.3) is 0 Å². The average Bonchev–Trinajstić information content (AvgIpc) is 3.50. The molecule has 0 spiro atoms. The van der Waals surface area contributed by atoms with Gasteiger partial charge < -0.3 is 61.3 Å². The summed E-state index contributed by atoms with van der Waals surface area (Å²) in [5.74, 6) is 4.49. The molecule has 5 aliphatic carbocycles. The molecule has 12 N–H and O–H groups in total. The van der Waals surface area contributed by atoms with Crippen LogP contribution in [0, 0.1) is 46.3 Å². The summed E-state index contributed by atoms with van der Waals surface area (Å²) in [7, 11) is 0. The SMILES string of the molecule is CC1(C)CC(N(CCO)CCO)CC(C)(CN(CCO)CCO)C1.CC1CC(CC2CCC(N(CCO)CCO)C(C)C2)CCC1N(CCO)CCO.OCCN(CCO)C1CCC(CC2CCC(N(CCO)CCO)CC2)CC1. The van der Waals surface area contributed by atoms with Crippen molar-refractivity contribution in [3.63, 3.8) is 0 Å². The molecule has 0 aliphatic heterocycles. The molecule has 18 nitrogen and oxygen atoms in total. The topological polar surface area (TPSA) is 262 Å². The third-order valence-corrected chi connectivity index (χ3v) is 19.7. The zero-order valence-electron chi connectivity index (χ0n) is 51.5. The van der Waals surface area contributed by atoms with Crippen molar-refractivity contribution in [2.75, 3.05) is 164 Å². The minimum absolute atomic E-state index is 0.0833. The summed E-state index contributed by atoms with van der Waals surface area (Å²) in [6.45, 7) is 21.9. The molecule has 0 heterocycles. The second-order valence-corrected chi connectivity index (χ2v) is 26.6. The van der Waals surface area contributed by atoms with E-state index < -0.39 is 0 Å². The van der Waals surface area contributed by atoms with Crippen molar-refractivity contribution in [1.82, 2.24) is 29.4 Å². The van der Waals surface area contributed by atoms with E-state index in [2.05, 4.69) is 64.0 Å². The van der Waals surface area contributed by atoms with Gasteiger partial charge in [0.2, 0.25) is 0 Å². The van der Waals surface area contributed by atoms with Crippen molar-refractivity contribution in [3.8, 4) is 0 Å². The molecule has 8 unspecified atom stereocenters. The van der Waals surface area contributed by atoms with Crippen molar-refractivity contribution < 1.29 is 61.3 Å². The van der Waals surface area contributed by atoms with Gasteiger partial charge >= 0.3 is 0 Å². The van der Waals surface area contributed by atoms with Gasteiger partial charge in [0, 0.05) is 115 Å². The average molecular weight is 1150 g/mol. The zero-order valence-corrected chi connectivity index (χ0v) is 51.5. The number of rotatable bonds is 35. The Hall–Kier alpha value is -0.720. The Morgan fingerprint density at radius 2 is 0.613 bits per heavy atom. The van der Waals surface area contributed by atoms with E-state index in [1.54, 1.807) is 0 Å². The fourth-order valence-corrected chi connectivity index (χ4v) is 16.6. The van der Waals surface area contributed by atoms with Crippen molar-refractivity contribution in [3.05, 3.63) is 0 Å². The predicted molar refractivity (Wildman–Crippen MR) is 320 cm³/mol. The van der Waals surface area contributed by atoms with Crippen LogP contribution in [0.4, 0.5) is 0 Å².